The van der Waals surface area contributed by atoms with Crippen molar-refractivity contribution in [3.05, 3.63) is 77.9 Å². The van der Waals surface area contributed by atoms with Crippen molar-refractivity contribution < 1.29 is 23.9 Å². The van der Waals surface area contributed by atoms with E-state index in [1.165, 1.54) is 0 Å². The van der Waals surface area contributed by atoms with E-state index >= 15 is 0 Å². The van der Waals surface area contributed by atoms with Crippen molar-refractivity contribution in [1.29, 1.82) is 0 Å². The van der Waals surface area contributed by atoms with Crippen LogP contribution in [0.2, 0.25) is 0 Å². The first-order valence-electron chi connectivity index (χ1n) is 11.7. The van der Waals surface area contributed by atoms with Gasteiger partial charge in [-0.05, 0) is 37.3 Å². The van der Waals surface area contributed by atoms with Crippen molar-refractivity contribution in [3.8, 4) is 0 Å². The molecule has 1 N–H and O–H groups in total. The number of carbonyl (C=O) groups is 3. The van der Waals surface area contributed by atoms with Gasteiger partial charge in [0.15, 0.2) is 0 Å². The summed E-state index contributed by atoms with van der Waals surface area (Å²) in [5.74, 6) is -0.910. The van der Waals surface area contributed by atoms with Gasteiger partial charge in [0, 0.05) is 19.0 Å². The number of likely N-dealkylation sites (tertiary alicyclic amines) is 1. The number of nitrogens with one attached hydrogen (secondary N) is 1. The van der Waals surface area contributed by atoms with E-state index in [1.54, 1.807) is 11.8 Å². The van der Waals surface area contributed by atoms with Crippen molar-refractivity contribution in [2.45, 2.75) is 38.8 Å². The number of nitrogens with zero attached hydrogens (tertiary/aromatic N) is 1. The van der Waals surface area contributed by atoms with Gasteiger partial charge in [0.25, 0.3) is 0 Å². The maximum absolute atomic E-state index is 12.9. The van der Waals surface area contributed by atoms with Gasteiger partial charge in [-0.2, -0.15) is 0 Å². The number of benzene rings is 2. The molecule has 1 saturated heterocycles. The molecule has 1 heterocycles. The third kappa shape index (κ3) is 7.76. The fourth-order valence-electron chi connectivity index (χ4n) is 3.79. The maximum atomic E-state index is 12.9. The molecular weight excluding hydrogens is 432 g/mol. The van der Waals surface area contributed by atoms with Crippen LogP contribution in [0.1, 0.15) is 37.3 Å². The van der Waals surface area contributed by atoms with Gasteiger partial charge in [-0.3, -0.25) is 4.79 Å². The van der Waals surface area contributed by atoms with Crippen molar-refractivity contribution in [2.24, 2.45) is 5.92 Å². The topological polar surface area (TPSA) is 84.9 Å². The number of hydrogen-bond acceptors (Lipinski definition) is 5. The van der Waals surface area contributed by atoms with Crippen molar-refractivity contribution in [1.82, 2.24) is 10.2 Å². The summed E-state index contributed by atoms with van der Waals surface area (Å²) in [4.78, 5) is 39.2. The Morgan fingerprint density at radius 1 is 1.00 bits per heavy atom. The fourth-order valence-corrected chi connectivity index (χ4v) is 3.79. The van der Waals surface area contributed by atoms with Gasteiger partial charge in [-0.25, -0.2) is 9.59 Å². The van der Waals surface area contributed by atoms with E-state index in [9.17, 15) is 14.4 Å². The van der Waals surface area contributed by atoms with Crippen molar-refractivity contribution in [3.63, 3.8) is 0 Å². The van der Waals surface area contributed by atoms with Crippen molar-refractivity contribution >= 4 is 24.0 Å². The highest BCUT2D eigenvalue weighted by atomic mass is 16.6. The number of ether oxygens (including phenoxy) is 2. The summed E-state index contributed by atoms with van der Waals surface area (Å²) in [7, 11) is 0. The lowest BCUT2D eigenvalue weighted by atomic mass is 9.95. The Labute approximate surface area is 200 Å². The van der Waals surface area contributed by atoms with E-state index < -0.39 is 12.0 Å². The van der Waals surface area contributed by atoms with Crippen LogP contribution < -0.4 is 5.32 Å². The quantitative estimate of drug-likeness (QED) is 0.563. The van der Waals surface area contributed by atoms with Gasteiger partial charge in [-0.15, -0.1) is 0 Å². The Morgan fingerprint density at radius 2 is 1.65 bits per heavy atom. The summed E-state index contributed by atoms with van der Waals surface area (Å²) in [5, 5.41) is 2.85. The van der Waals surface area contributed by atoms with E-state index in [2.05, 4.69) is 5.32 Å². The standard InChI is InChI=1S/C27H32N2O5/c1-2-33-26(31)24(15-9-14-21-10-5-3-6-11-21)28-25(30)23-16-18-29(19-17-23)27(32)34-20-22-12-7-4-8-13-22/h3-14,23-24H,2,15-20H2,1H3,(H,28,30). The van der Waals surface area contributed by atoms with E-state index in [-0.39, 0.29) is 31.1 Å². The number of amides is 2. The van der Waals surface area contributed by atoms with Gasteiger partial charge >= 0.3 is 12.1 Å². The van der Waals surface area contributed by atoms with Crippen LogP contribution in [0.25, 0.3) is 6.08 Å². The third-order valence-electron chi connectivity index (χ3n) is 5.70. The lowest BCUT2D eigenvalue weighted by molar-refractivity contribution is -0.147. The largest absolute Gasteiger partial charge is 0.464 e. The van der Waals surface area contributed by atoms with E-state index in [0.717, 1.165) is 11.1 Å². The molecule has 0 bridgehead atoms. The zero-order chi connectivity index (χ0) is 24.2. The molecule has 2 aromatic rings. The normalized spacial score (nSPS) is 15.0. The molecule has 0 aromatic heterocycles. The van der Waals surface area contributed by atoms with Crippen LogP contribution in [-0.4, -0.2) is 48.6 Å². The minimum atomic E-state index is -0.749. The molecule has 0 radical (unpaired) electrons. The SMILES string of the molecule is CCOC(=O)C(CC=Cc1ccccc1)NC(=O)C1CCN(C(=O)OCc2ccccc2)CC1. The summed E-state index contributed by atoms with van der Waals surface area (Å²) < 4.78 is 10.5. The zero-order valence-corrected chi connectivity index (χ0v) is 19.5. The van der Waals surface area contributed by atoms with Gasteiger partial charge in [0.1, 0.15) is 12.6 Å². The highest BCUT2D eigenvalue weighted by Crippen LogP contribution is 2.19. The minimum Gasteiger partial charge on any atom is -0.464 e. The molecule has 7 nitrogen and oxygen atoms in total. The molecule has 34 heavy (non-hydrogen) atoms. The third-order valence-corrected chi connectivity index (χ3v) is 5.70. The Hall–Kier alpha value is -3.61. The number of hydrogen-bond donors (Lipinski definition) is 1. The second-order valence-electron chi connectivity index (χ2n) is 8.16. The Balaban J connectivity index is 1.48. The lowest BCUT2D eigenvalue weighted by Crippen LogP contribution is -2.47. The van der Waals surface area contributed by atoms with E-state index in [0.29, 0.717) is 32.4 Å². The number of piperidine rings is 1. The minimum absolute atomic E-state index is 0.191. The van der Waals surface area contributed by atoms with Crippen LogP contribution in [0.3, 0.4) is 0 Å². The molecule has 2 amide bonds. The molecule has 0 spiro atoms. The van der Waals surface area contributed by atoms with Gasteiger partial charge < -0.3 is 19.7 Å². The highest BCUT2D eigenvalue weighted by molar-refractivity contribution is 5.86. The van der Waals surface area contributed by atoms with E-state index in [4.69, 9.17) is 9.47 Å². The smallest absolute Gasteiger partial charge is 0.410 e. The molecule has 0 saturated carbocycles. The van der Waals surface area contributed by atoms with Crippen LogP contribution >= 0.6 is 0 Å². The predicted molar refractivity (Wildman–Crippen MR) is 130 cm³/mol. The maximum Gasteiger partial charge on any atom is 0.410 e. The average Bonchev–Trinajstić information content (AvgIpc) is 2.88. The number of rotatable bonds is 9. The summed E-state index contributed by atoms with van der Waals surface area (Å²) in [6, 6.07) is 18.5. The Bertz CT molecular complexity index is 954. The molecule has 7 heteroatoms. The predicted octanol–water partition coefficient (Wildman–Crippen LogP) is 4.19. The molecule has 2 aromatic carbocycles. The number of carbonyl (C=O) groups excluding carboxylic acids is 3. The molecule has 1 fully saturated rings. The average molecular weight is 465 g/mol. The summed E-state index contributed by atoms with van der Waals surface area (Å²) >= 11 is 0. The van der Waals surface area contributed by atoms with E-state index in [1.807, 2.05) is 72.8 Å². The van der Waals surface area contributed by atoms with Crippen LogP contribution in [0.15, 0.2) is 66.7 Å². The lowest BCUT2D eigenvalue weighted by Gasteiger charge is -2.31. The van der Waals surface area contributed by atoms with Crippen LogP contribution in [-0.2, 0) is 25.7 Å². The summed E-state index contributed by atoms with van der Waals surface area (Å²) in [6.45, 7) is 3.07. The second kappa shape index (κ2) is 13.2. The second-order valence-corrected chi connectivity index (χ2v) is 8.16. The van der Waals surface area contributed by atoms with Gasteiger partial charge in [0.2, 0.25) is 5.91 Å². The molecule has 1 unspecified atom stereocenters. The monoisotopic (exact) mass is 464 g/mol. The zero-order valence-electron chi connectivity index (χ0n) is 19.5. The van der Waals surface area contributed by atoms with Gasteiger partial charge in [-0.1, -0.05) is 72.8 Å². The molecule has 1 aliphatic heterocycles. The molecule has 3 rings (SSSR count). The molecule has 0 aliphatic carbocycles. The first-order chi connectivity index (χ1) is 16.6. The van der Waals surface area contributed by atoms with Crippen molar-refractivity contribution in [2.75, 3.05) is 19.7 Å². The molecule has 1 aliphatic rings. The fraction of sp³-hybridized carbons (Fsp3) is 0.370. The Morgan fingerprint density at radius 3 is 2.29 bits per heavy atom. The first kappa shape index (κ1) is 25.0. The van der Waals surface area contributed by atoms with Gasteiger partial charge in [0.05, 0.1) is 6.61 Å². The van der Waals surface area contributed by atoms with Crippen LogP contribution in [0, 0.1) is 5.92 Å². The first-order valence-corrected chi connectivity index (χ1v) is 11.7. The summed E-state index contributed by atoms with van der Waals surface area (Å²) in [6.07, 6.45) is 4.77. The molecular formula is C27H32N2O5. The molecule has 180 valence electrons. The van der Waals surface area contributed by atoms with Crippen LogP contribution in [0.4, 0.5) is 4.79 Å². The number of esters is 1. The van der Waals surface area contributed by atoms with Crippen LogP contribution in [0.5, 0.6) is 0 Å². The Kier molecular flexibility index (Phi) is 9.70. The molecule has 1 atom stereocenters. The summed E-state index contributed by atoms with van der Waals surface area (Å²) in [5.41, 5.74) is 1.94. The highest BCUT2D eigenvalue weighted by Gasteiger charge is 2.30.